The zero-order valence-electron chi connectivity index (χ0n) is 20.8. The molecule has 0 aliphatic heterocycles. The summed E-state index contributed by atoms with van der Waals surface area (Å²) in [7, 11) is 0. The van der Waals surface area contributed by atoms with Crippen LogP contribution in [0.25, 0.3) is 11.5 Å². The quantitative estimate of drug-likeness (QED) is 0.326. The van der Waals surface area contributed by atoms with Crippen molar-refractivity contribution >= 4 is 0 Å². The van der Waals surface area contributed by atoms with Crippen molar-refractivity contribution in [3.05, 3.63) is 77.7 Å². The topological polar surface area (TPSA) is 109 Å². The van der Waals surface area contributed by atoms with E-state index in [1.807, 2.05) is 12.1 Å². The number of aromatic nitrogens is 4. The van der Waals surface area contributed by atoms with Crippen LogP contribution in [0.1, 0.15) is 56.5 Å². The van der Waals surface area contributed by atoms with Crippen LogP contribution in [0.3, 0.4) is 0 Å². The molecular weight excluding hydrogens is 454 g/mol. The van der Waals surface area contributed by atoms with E-state index in [4.69, 9.17) is 19.7 Å². The number of hydrogen-bond donors (Lipinski definition) is 1. The number of nitrogens with two attached hydrogens (primary N) is 1. The second-order valence-electron chi connectivity index (χ2n) is 9.31. The van der Waals surface area contributed by atoms with Crippen LogP contribution in [0, 0.1) is 6.92 Å². The summed E-state index contributed by atoms with van der Waals surface area (Å²) in [4.78, 5) is 4.16. The molecule has 0 saturated heterocycles. The van der Waals surface area contributed by atoms with E-state index in [-0.39, 0.29) is 17.6 Å². The van der Waals surface area contributed by atoms with Gasteiger partial charge in [0.1, 0.15) is 23.3 Å². The second-order valence-corrected chi connectivity index (χ2v) is 9.31. The third kappa shape index (κ3) is 4.81. The molecule has 2 aromatic heterocycles. The second kappa shape index (κ2) is 10.1. The molecular formula is C28H31N5O3. The Morgan fingerprint density at radius 2 is 1.53 bits per heavy atom. The number of hydrogen-bond acceptors (Lipinski definition) is 8. The van der Waals surface area contributed by atoms with Crippen LogP contribution in [0.15, 0.2) is 65.2 Å². The van der Waals surface area contributed by atoms with E-state index in [1.165, 1.54) is 11.1 Å². The molecule has 186 valence electrons. The van der Waals surface area contributed by atoms with E-state index in [0.717, 1.165) is 31.4 Å². The van der Waals surface area contributed by atoms with Gasteiger partial charge in [0.25, 0.3) is 0 Å². The van der Waals surface area contributed by atoms with Gasteiger partial charge >= 0.3 is 0 Å². The first-order chi connectivity index (χ1) is 17.5. The molecule has 0 radical (unpaired) electrons. The molecule has 1 saturated carbocycles. The third-order valence-corrected chi connectivity index (χ3v) is 7.07. The molecule has 0 unspecified atom stereocenters. The minimum Gasteiger partial charge on any atom is -0.490 e. The van der Waals surface area contributed by atoms with Crippen molar-refractivity contribution in [1.29, 1.82) is 0 Å². The molecule has 0 spiro atoms. The van der Waals surface area contributed by atoms with Crippen LogP contribution >= 0.6 is 0 Å². The van der Waals surface area contributed by atoms with Gasteiger partial charge in [0, 0.05) is 24.4 Å². The van der Waals surface area contributed by atoms with Gasteiger partial charge in [-0.15, -0.1) is 10.2 Å². The Morgan fingerprint density at radius 3 is 2.03 bits per heavy atom. The van der Waals surface area contributed by atoms with Crippen LogP contribution in [0.2, 0.25) is 0 Å². The predicted molar refractivity (Wildman–Crippen MR) is 136 cm³/mol. The first-order valence-corrected chi connectivity index (χ1v) is 12.4. The average Bonchev–Trinajstić information content (AvgIpc) is 3.32. The molecule has 8 heteroatoms. The summed E-state index contributed by atoms with van der Waals surface area (Å²) < 4.78 is 17.0. The zero-order chi connectivity index (χ0) is 25.1. The van der Waals surface area contributed by atoms with Crippen LogP contribution in [-0.2, 0) is 5.41 Å². The summed E-state index contributed by atoms with van der Waals surface area (Å²) in [6, 6.07) is 20.5. The Morgan fingerprint density at radius 1 is 0.889 bits per heavy atom. The van der Waals surface area contributed by atoms with Gasteiger partial charge in [0.05, 0.1) is 0 Å². The number of benzene rings is 2. The lowest BCUT2D eigenvalue weighted by Crippen LogP contribution is -2.43. The van der Waals surface area contributed by atoms with Gasteiger partial charge in [-0.3, -0.25) is 0 Å². The van der Waals surface area contributed by atoms with Gasteiger partial charge < -0.3 is 19.7 Å². The van der Waals surface area contributed by atoms with Crippen molar-refractivity contribution in [1.82, 2.24) is 20.3 Å². The molecule has 4 aromatic rings. The number of ether oxygens (including phenoxy) is 2. The fourth-order valence-electron chi connectivity index (χ4n) is 4.84. The van der Waals surface area contributed by atoms with Crippen molar-refractivity contribution in [3.8, 4) is 28.9 Å². The monoisotopic (exact) mass is 485 g/mol. The van der Waals surface area contributed by atoms with Gasteiger partial charge in [0.2, 0.25) is 17.6 Å². The van der Waals surface area contributed by atoms with Gasteiger partial charge in [0.15, 0.2) is 0 Å². The van der Waals surface area contributed by atoms with E-state index in [9.17, 15) is 0 Å². The number of rotatable bonds is 9. The van der Waals surface area contributed by atoms with Crippen molar-refractivity contribution < 1.29 is 14.0 Å². The van der Waals surface area contributed by atoms with Crippen molar-refractivity contribution in [2.75, 3.05) is 0 Å². The van der Waals surface area contributed by atoms with Crippen molar-refractivity contribution in [2.24, 2.45) is 5.73 Å². The Bertz CT molecular complexity index is 1280. The predicted octanol–water partition coefficient (Wildman–Crippen LogP) is 5.60. The maximum atomic E-state index is 6.05. The smallest absolute Gasteiger partial charge is 0.238 e. The summed E-state index contributed by atoms with van der Waals surface area (Å²) in [6.07, 6.45) is 4.05. The largest absolute Gasteiger partial charge is 0.490 e. The van der Waals surface area contributed by atoms with Gasteiger partial charge in [-0.05, 0) is 67.1 Å². The van der Waals surface area contributed by atoms with Gasteiger partial charge in [-0.2, -0.15) is 4.98 Å². The Balaban J connectivity index is 1.29. The zero-order valence-corrected chi connectivity index (χ0v) is 20.8. The maximum absolute atomic E-state index is 6.05. The maximum Gasteiger partial charge on any atom is 0.238 e. The van der Waals surface area contributed by atoms with E-state index in [2.05, 4.69) is 70.6 Å². The molecule has 8 nitrogen and oxygen atoms in total. The summed E-state index contributed by atoms with van der Waals surface area (Å²) in [5, 5.41) is 12.1. The number of nitrogens with zero attached hydrogens (tertiary/aromatic N) is 4. The highest BCUT2D eigenvalue weighted by molar-refractivity contribution is 5.48. The third-order valence-electron chi connectivity index (χ3n) is 7.07. The first kappa shape index (κ1) is 23.9. The van der Waals surface area contributed by atoms with E-state index in [0.29, 0.717) is 29.0 Å². The molecule has 2 N–H and O–H groups in total. The SMILES string of the molecule is CCC(CC)(c1ccc(Oc2ccc(-c3noc(C)n3)nn2)cc1)c1ccc(OC2CC(N)C2)cc1. The van der Waals surface area contributed by atoms with Crippen LogP contribution in [-0.4, -0.2) is 32.5 Å². The highest BCUT2D eigenvalue weighted by Crippen LogP contribution is 2.40. The molecule has 2 aromatic carbocycles. The van der Waals surface area contributed by atoms with E-state index < -0.39 is 0 Å². The van der Waals surface area contributed by atoms with Crippen LogP contribution in [0.4, 0.5) is 0 Å². The summed E-state index contributed by atoms with van der Waals surface area (Å²) in [5.74, 6) is 2.87. The molecule has 36 heavy (non-hydrogen) atoms. The molecule has 0 amide bonds. The Labute approximate surface area is 210 Å². The minimum absolute atomic E-state index is 0.0972. The molecule has 5 rings (SSSR count). The van der Waals surface area contributed by atoms with Gasteiger partial charge in [-0.1, -0.05) is 43.3 Å². The molecule has 1 aliphatic rings. The standard InChI is InChI=1S/C28H31N5O3/c1-4-28(5-2,19-6-10-22(11-7-19)34-24-16-21(29)17-24)20-8-12-23(13-9-20)35-26-15-14-25(31-32-26)27-30-18(3)36-33-27/h6-15,21,24H,4-5,16-17,29H2,1-3H3. The molecule has 0 bridgehead atoms. The Hall–Kier alpha value is -3.78. The normalized spacial score (nSPS) is 17.4. The highest BCUT2D eigenvalue weighted by Gasteiger charge is 2.31. The molecule has 1 fully saturated rings. The lowest BCUT2D eigenvalue weighted by molar-refractivity contribution is 0.101. The fourth-order valence-corrected chi connectivity index (χ4v) is 4.84. The van der Waals surface area contributed by atoms with E-state index in [1.54, 1.807) is 19.1 Å². The number of aryl methyl sites for hydroxylation is 1. The highest BCUT2D eigenvalue weighted by atomic mass is 16.5. The van der Waals surface area contributed by atoms with Crippen LogP contribution < -0.4 is 15.2 Å². The molecule has 2 heterocycles. The molecule has 1 aliphatic carbocycles. The first-order valence-electron chi connectivity index (χ1n) is 12.4. The minimum atomic E-state index is -0.0972. The average molecular weight is 486 g/mol. The van der Waals surface area contributed by atoms with Crippen LogP contribution in [0.5, 0.6) is 17.4 Å². The Kier molecular flexibility index (Phi) is 6.69. The van der Waals surface area contributed by atoms with E-state index >= 15 is 0 Å². The summed E-state index contributed by atoms with van der Waals surface area (Å²) >= 11 is 0. The molecule has 0 atom stereocenters. The van der Waals surface area contributed by atoms with Crippen molar-refractivity contribution in [3.63, 3.8) is 0 Å². The van der Waals surface area contributed by atoms with Gasteiger partial charge in [-0.25, -0.2) is 0 Å². The summed E-state index contributed by atoms with van der Waals surface area (Å²) in [6.45, 7) is 6.19. The lowest BCUT2D eigenvalue weighted by atomic mass is 9.70. The summed E-state index contributed by atoms with van der Waals surface area (Å²) in [5.41, 5.74) is 8.83. The lowest BCUT2D eigenvalue weighted by Gasteiger charge is -2.34. The van der Waals surface area contributed by atoms with Crippen molar-refractivity contribution in [2.45, 2.75) is 64.0 Å². The fraction of sp³-hybridized carbons (Fsp3) is 0.357.